The van der Waals surface area contributed by atoms with Gasteiger partial charge in [-0.2, -0.15) is 0 Å². The van der Waals surface area contributed by atoms with Crippen molar-refractivity contribution in [1.29, 1.82) is 0 Å². The molecule has 4 rings (SSSR count). The molecule has 0 spiro atoms. The van der Waals surface area contributed by atoms with Gasteiger partial charge in [0.25, 0.3) is 5.91 Å². The molecule has 1 saturated heterocycles. The number of hydrogen-bond acceptors (Lipinski definition) is 5. The molecule has 2 fully saturated rings. The van der Waals surface area contributed by atoms with Crippen molar-refractivity contribution in [3.63, 3.8) is 0 Å². The minimum absolute atomic E-state index is 0.124. The van der Waals surface area contributed by atoms with E-state index < -0.39 is 6.04 Å². The predicted molar refractivity (Wildman–Crippen MR) is 112 cm³/mol. The molecule has 0 aromatic heterocycles. The summed E-state index contributed by atoms with van der Waals surface area (Å²) in [6.07, 6.45) is 5.28. The maximum Gasteiger partial charge on any atom is 0.255 e. The lowest BCUT2D eigenvalue weighted by Gasteiger charge is -2.33. The Morgan fingerprint density at radius 3 is 2.73 bits per heavy atom. The molecule has 2 aliphatic heterocycles. The van der Waals surface area contributed by atoms with Crippen molar-refractivity contribution in [3.8, 4) is 5.75 Å². The van der Waals surface area contributed by atoms with Gasteiger partial charge in [-0.25, -0.2) is 0 Å². The Labute approximate surface area is 177 Å². The van der Waals surface area contributed by atoms with Crippen LogP contribution in [0, 0.1) is 5.92 Å². The highest BCUT2D eigenvalue weighted by atomic mass is 16.5. The van der Waals surface area contributed by atoms with Crippen molar-refractivity contribution in [2.75, 3.05) is 6.54 Å². The smallest absolute Gasteiger partial charge is 0.255 e. The second-order valence-corrected chi connectivity index (χ2v) is 9.07. The van der Waals surface area contributed by atoms with Crippen LogP contribution in [0.15, 0.2) is 18.2 Å². The van der Waals surface area contributed by atoms with Gasteiger partial charge in [-0.15, -0.1) is 0 Å². The second kappa shape index (κ2) is 8.76. The number of rotatable bonds is 6. The molecule has 0 radical (unpaired) electrons. The van der Waals surface area contributed by atoms with Crippen LogP contribution in [0.1, 0.15) is 68.3 Å². The molecule has 7 heteroatoms. The molecule has 2 heterocycles. The van der Waals surface area contributed by atoms with Crippen LogP contribution in [-0.4, -0.2) is 47.4 Å². The van der Waals surface area contributed by atoms with E-state index in [9.17, 15) is 14.4 Å². The Morgan fingerprint density at radius 2 is 1.97 bits per heavy atom. The van der Waals surface area contributed by atoms with Crippen molar-refractivity contribution in [2.24, 2.45) is 5.92 Å². The van der Waals surface area contributed by atoms with Crippen molar-refractivity contribution >= 4 is 17.7 Å². The van der Waals surface area contributed by atoms with Crippen LogP contribution in [0.4, 0.5) is 0 Å². The topological polar surface area (TPSA) is 87.7 Å². The summed E-state index contributed by atoms with van der Waals surface area (Å²) in [5, 5.41) is 5.99. The molecule has 1 aromatic carbocycles. The van der Waals surface area contributed by atoms with E-state index in [0.717, 1.165) is 37.1 Å². The molecule has 0 bridgehead atoms. The summed E-state index contributed by atoms with van der Waals surface area (Å²) in [6.45, 7) is 5.76. The standard InChI is InChI=1S/C23H31N3O4/c1-14(2)12-24-18-5-3-4-6-20(18)30-16-7-8-17-15(11-16)13-26(23(17)29)19-9-10-21(27)25-22(19)28/h7-8,11,14,18-20,24H,3-6,9-10,12-13H2,1-2H3,(H,25,27,28)/t18-,19?,20+/m1/s1. The molecule has 1 unspecified atom stereocenters. The number of hydrogen-bond donors (Lipinski definition) is 2. The number of nitrogens with zero attached hydrogens (tertiary/aromatic N) is 1. The fraction of sp³-hybridized carbons (Fsp3) is 0.609. The molecular formula is C23H31N3O4. The number of carbonyl (C=O) groups is 3. The molecule has 7 nitrogen and oxygen atoms in total. The van der Waals surface area contributed by atoms with E-state index in [0.29, 0.717) is 30.5 Å². The summed E-state index contributed by atoms with van der Waals surface area (Å²) in [4.78, 5) is 38.0. The fourth-order valence-electron chi connectivity index (χ4n) is 4.66. The van der Waals surface area contributed by atoms with Crippen molar-refractivity contribution < 1.29 is 19.1 Å². The molecule has 162 valence electrons. The number of imide groups is 1. The second-order valence-electron chi connectivity index (χ2n) is 9.07. The first-order valence-electron chi connectivity index (χ1n) is 11.1. The molecule has 3 amide bonds. The van der Waals surface area contributed by atoms with Gasteiger partial charge in [0.15, 0.2) is 0 Å². The number of piperidine rings is 1. The lowest BCUT2D eigenvalue weighted by molar-refractivity contribution is -0.136. The normalized spacial score (nSPS) is 26.7. The summed E-state index contributed by atoms with van der Waals surface area (Å²) >= 11 is 0. The highest BCUT2D eigenvalue weighted by Gasteiger charge is 2.39. The minimum atomic E-state index is -0.588. The van der Waals surface area contributed by atoms with Crippen LogP contribution < -0.4 is 15.4 Å². The number of nitrogens with one attached hydrogen (secondary N) is 2. The van der Waals surface area contributed by atoms with Crippen molar-refractivity contribution in [2.45, 2.75) is 77.1 Å². The van der Waals surface area contributed by atoms with Crippen LogP contribution in [-0.2, 0) is 16.1 Å². The maximum atomic E-state index is 12.8. The molecule has 1 aliphatic carbocycles. The zero-order valence-corrected chi connectivity index (χ0v) is 17.8. The third-order valence-electron chi connectivity index (χ3n) is 6.27. The number of benzene rings is 1. The first-order valence-corrected chi connectivity index (χ1v) is 11.1. The molecule has 3 atom stereocenters. The largest absolute Gasteiger partial charge is 0.489 e. The Hall–Kier alpha value is -2.41. The summed E-state index contributed by atoms with van der Waals surface area (Å²) < 4.78 is 6.36. The Kier molecular flexibility index (Phi) is 6.09. The van der Waals surface area contributed by atoms with Crippen LogP contribution in [0.5, 0.6) is 5.75 Å². The van der Waals surface area contributed by atoms with Gasteiger partial charge in [-0.3, -0.25) is 19.7 Å². The molecule has 1 aromatic rings. The van der Waals surface area contributed by atoms with E-state index in [1.807, 2.05) is 12.1 Å². The van der Waals surface area contributed by atoms with Gasteiger partial charge < -0.3 is 15.0 Å². The Bertz CT molecular complexity index is 838. The van der Waals surface area contributed by atoms with E-state index in [-0.39, 0.29) is 30.2 Å². The molecule has 2 N–H and O–H groups in total. The van der Waals surface area contributed by atoms with Crippen LogP contribution >= 0.6 is 0 Å². The zero-order chi connectivity index (χ0) is 21.3. The van der Waals surface area contributed by atoms with Gasteiger partial charge in [0, 0.05) is 24.6 Å². The van der Waals surface area contributed by atoms with Gasteiger partial charge in [0.1, 0.15) is 17.9 Å². The van der Waals surface area contributed by atoms with Gasteiger partial charge in [0.2, 0.25) is 11.8 Å². The lowest BCUT2D eigenvalue weighted by Crippen LogP contribution is -2.52. The van der Waals surface area contributed by atoms with Gasteiger partial charge in [-0.1, -0.05) is 20.3 Å². The lowest BCUT2D eigenvalue weighted by atomic mass is 9.92. The third kappa shape index (κ3) is 4.36. The van der Waals surface area contributed by atoms with E-state index in [1.165, 1.54) is 6.42 Å². The third-order valence-corrected chi connectivity index (χ3v) is 6.27. The SMILES string of the molecule is CC(C)CN[C@@H]1CCCC[C@@H]1Oc1ccc2c(c1)CN(C1CCC(=O)NC1=O)C2=O. The monoisotopic (exact) mass is 413 g/mol. The van der Waals surface area contributed by atoms with E-state index in [4.69, 9.17) is 4.74 Å². The summed E-state index contributed by atoms with van der Waals surface area (Å²) in [7, 11) is 0. The quantitative estimate of drug-likeness (QED) is 0.699. The predicted octanol–water partition coefficient (Wildman–Crippen LogP) is 2.38. The number of ether oxygens (including phenoxy) is 1. The number of amides is 3. The number of carbonyl (C=O) groups excluding carboxylic acids is 3. The summed E-state index contributed by atoms with van der Waals surface area (Å²) in [5.41, 5.74) is 1.50. The average molecular weight is 414 g/mol. The highest BCUT2D eigenvalue weighted by molar-refractivity contribution is 6.05. The first kappa shape index (κ1) is 20.8. The molecule has 1 saturated carbocycles. The summed E-state index contributed by atoms with van der Waals surface area (Å²) in [6, 6.07) is 5.36. The average Bonchev–Trinajstić information content (AvgIpc) is 3.03. The maximum absolute atomic E-state index is 12.8. The van der Waals surface area contributed by atoms with Crippen molar-refractivity contribution in [1.82, 2.24) is 15.5 Å². The van der Waals surface area contributed by atoms with Crippen LogP contribution in [0.25, 0.3) is 0 Å². The van der Waals surface area contributed by atoms with Crippen LogP contribution in [0.3, 0.4) is 0 Å². The molecule has 3 aliphatic rings. The highest BCUT2D eigenvalue weighted by Crippen LogP contribution is 2.32. The van der Waals surface area contributed by atoms with Gasteiger partial charge >= 0.3 is 0 Å². The molecular weight excluding hydrogens is 382 g/mol. The minimum Gasteiger partial charge on any atom is -0.489 e. The van der Waals surface area contributed by atoms with Gasteiger partial charge in [-0.05, 0) is 61.9 Å². The van der Waals surface area contributed by atoms with E-state index >= 15 is 0 Å². The Balaban J connectivity index is 1.44. The zero-order valence-electron chi connectivity index (χ0n) is 17.8. The molecule has 30 heavy (non-hydrogen) atoms. The Morgan fingerprint density at radius 1 is 1.17 bits per heavy atom. The van der Waals surface area contributed by atoms with Crippen LogP contribution in [0.2, 0.25) is 0 Å². The van der Waals surface area contributed by atoms with Gasteiger partial charge in [0.05, 0.1) is 0 Å². The van der Waals surface area contributed by atoms with E-state index in [1.54, 1.807) is 11.0 Å². The summed E-state index contributed by atoms with van der Waals surface area (Å²) in [5.74, 6) is 0.557. The van der Waals surface area contributed by atoms with Crippen molar-refractivity contribution in [3.05, 3.63) is 29.3 Å². The fourth-order valence-corrected chi connectivity index (χ4v) is 4.66. The number of fused-ring (bicyclic) bond motifs is 1. The first-order chi connectivity index (χ1) is 14.4. The van der Waals surface area contributed by atoms with E-state index in [2.05, 4.69) is 24.5 Å².